The van der Waals surface area contributed by atoms with Crippen molar-refractivity contribution in [1.29, 1.82) is 0 Å². The summed E-state index contributed by atoms with van der Waals surface area (Å²) in [6.07, 6.45) is -4.84. The summed E-state index contributed by atoms with van der Waals surface area (Å²) in [6, 6.07) is 6.18. The summed E-state index contributed by atoms with van der Waals surface area (Å²) < 4.78 is 49.5. The van der Waals surface area contributed by atoms with Crippen LogP contribution in [0.5, 0.6) is 11.5 Å². The van der Waals surface area contributed by atoms with Crippen LogP contribution in [-0.4, -0.2) is 30.3 Å². The van der Waals surface area contributed by atoms with E-state index >= 15 is 0 Å². The van der Waals surface area contributed by atoms with Gasteiger partial charge in [0.05, 0.1) is 22.4 Å². The van der Waals surface area contributed by atoms with E-state index in [0.29, 0.717) is 29.2 Å². The average Bonchev–Trinajstić information content (AvgIpc) is 3.20. The first kappa shape index (κ1) is 21.4. The van der Waals surface area contributed by atoms with Crippen molar-refractivity contribution in [1.82, 2.24) is 4.98 Å². The predicted molar refractivity (Wildman–Crippen MR) is 110 cm³/mol. The fourth-order valence-corrected chi connectivity index (χ4v) is 3.93. The molecule has 1 aliphatic heterocycles. The van der Waals surface area contributed by atoms with Crippen LogP contribution in [0.1, 0.15) is 11.1 Å². The Morgan fingerprint density at radius 3 is 2.72 bits per heavy atom. The molecule has 0 saturated carbocycles. The van der Waals surface area contributed by atoms with Gasteiger partial charge < -0.3 is 14.4 Å². The lowest BCUT2D eigenvalue weighted by atomic mass is 10.1. The fraction of sp³-hybridized carbons (Fsp3) is 0.200. The second-order valence-electron chi connectivity index (χ2n) is 6.65. The van der Waals surface area contributed by atoms with E-state index in [2.05, 4.69) is 16.8 Å². The van der Waals surface area contributed by atoms with Gasteiger partial charge in [-0.2, -0.15) is 18.2 Å². The number of hydrogen-bond donors (Lipinski definition) is 0. The van der Waals surface area contributed by atoms with Crippen LogP contribution in [0.25, 0.3) is 10.1 Å². The van der Waals surface area contributed by atoms with Crippen LogP contribution in [0.15, 0.2) is 35.1 Å². The number of nitrogens with zero attached hydrogens (tertiary/aromatic N) is 3. The molecule has 1 aliphatic rings. The van der Waals surface area contributed by atoms with Gasteiger partial charge in [-0.3, -0.25) is 14.9 Å². The molecular weight excluding hydrogens is 451 g/mol. The highest BCUT2D eigenvalue weighted by Crippen LogP contribution is 2.38. The topological polar surface area (TPSA) is 94.8 Å². The van der Waals surface area contributed by atoms with E-state index in [1.807, 2.05) is 0 Å². The second kappa shape index (κ2) is 8.01. The van der Waals surface area contributed by atoms with Crippen molar-refractivity contribution < 1.29 is 27.6 Å². The summed E-state index contributed by atoms with van der Waals surface area (Å²) in [7, 11) is 1.56. The number of anilines is 1. The van der Waals surface area contributed by atoms with Gasteiger partial charge in [0.15, 0.2) is 16.6 Å². The lowest BCUT2D eigenvalue weighted by Crippen LogP contribution is -2.21. The first-order valence-corrected chi connectivity index (χ1v) is 9.75. The molecule has 0 unspecified atom stereocenters. The quantitative estimate of drug-likeness (QED) is 0.331. The third kappa shape index (κ3) is 4.15. The molecule has 0 radical (unpaired) electrons. The largest absolute Gasteiger partial charge is 0.454 e. The Kier molecular flexibility index (Phi) is 5.35. The minimum atomic E-state index is -4.84. The molecule has 8 nitrogen and oxygen atoms in total. The number of fused-ring (bicyclic) bond motifs is 2. The number of benzene rings is 2. The number of alkyl halides is 3. The molecule has 0 fully saturated rings. The number of nitro benzene ring substituents is 1. The molecule has 0 atom stereocenters. The van der Waals surface area contributed by atoms with Gasteiger partial charge in [0, 0.05) is 18.7 Å². The summed E-state index contributed by atoms with van der Waals surface area (Å²) in [5.74, 6) is 7.00. The monoisotopic (exact) mass is 463 g/mol. The van der Waals surface area contributed by atoms with E-state index in [9.17, 15) is 28.1 Å². The number of hydrogen-bond acceptors (Lipinski definition) is 8. The minimum Gasteiger partial charge on any atom is -0.454 e. The van der Waals surface area contributed by atoms with Gasteiger partial charge >= 0.3 is 6.18 Å². The fourth-order valence-electron chi connectivity index (χ4n) is 2.91. The maximum absolute atomic E-state index is 13.1. The Bertz CT molecular complexity index is 1360. The van der Waals surface area contributed by atoms with Crippen molar-refractivity contribution in [3.05, 3.63) is 61.9 Å². The van der Waals surface area contributed by atoms with Crippen LogP contribution in [0.2, 0.25) is 0 Å². The van der Waals surface area contributed by atoms with E-state index in [1.165, 1.54) is 4.90 Å². The van der Waals surface area contributed by atoms with Crippen molar-refractivity contribution >= 4 is 32.2 Å². The van der Waals surface area contributed by atoms with Crippen molar-refractivity contribution in [2.75, 3.05) is 25.3 Å². The van der Waals surface area contributed by atoms with Crippen molar-refractivity contribution in [3.8, 4) is 23.3 Å². The van der Waals surface area contributed by atoms with Crippen LogP contribution in [0, 0.1) is 22.0 Å². The van der Waals surface area contributed by atoms with Gasteiger partial charge in [0.2, 0.25) is 6.79 Å². The standard InChI is InChI=1S/C20H12F3N3O5S/c1-25(6-2-3-11-4-5-15-16(7-11)31-10-30-15)19-24-18(27)13-8-12(20(21,22)23)9-14(26(28)29)17(13)32-19/h4-5,7-9H,6,10H2,1H3. The SMILES string of the molecule is CN(CC#Cc1ccc2c(c1)OCO2)c1nc(=O)c2cc(C(F)(F)F)cc([N+](=O)[O-])c2s1. The Balaban J connectivity index is 1.65. The first-order chi connectivity index (χ1) is 15.1. The van der Waals surface area contributed by atoms with E-state index in [0.717, 1.165) is 11.3 Å². The van der Waals surface area contributed by atoms with E-state index in [-0.39, 0.29) is 23.2 Å². The molecule has 0 spiro atoms. The number of ether oxygens (including phenoxy) is 2. The smallest absolute Gasteiger partial charge is 0.416 e. The maximum Gasteiger partial charge on any atom is 0.416 e. The number of halogens is 3. The van der Waals surface area contributed by atoms with Gasteiger partial charge in [-0.25, -0.2) is 0 Å². The van der Waals surface area contributed by atoms with Crippen molar-refractivity contribution in [2.45, 2.75) is 6.18 Å². The van der Waals surface area contributed by atoms with Crippen molar-refractivity contribution in [3.63, 3.8) is 0 Å². The van der Waals surface area contributed by atoms with Gasteiger partial charge in [-0.15, -0.1) is 0 Å². The molecule has 3 aromatic rings. The molecule has 164 valence electrons. The van der Waals surface area contributed by atoms with E-state index < -0.39 is 33.3 Å². The zero-order valence-electron chi connectivity index (χ0n) is 16.2. The summed E-state index contributed by atoms with van der Waals surface area (Å²) in [5.41, 5.74) is -2.41. The molecule has 0 N–H and O–H groups in total. The molecule has 12 heteroatoms. The van der Waals surface area contributed by atoms with Crippen LogP contribution in [0.4, 0.5) is 24.0 Å². The predicted octanol–water partition coefficient (Wildman–Crippen LogP) is 3.80. The van der Waals surface area contributed by atoms with Crippen LogP contribution >= 0.6 is 11.3 Å². The zero-order valence-corrected chi connectivity index (χ0v) is 17.0. The Morgan fingerprint density at radius 2 is 2.00 bits per heavy atom. The molecule has 0 amide bonds. The lowest BCUT2D eigenvalue weighted by molar-refractivity contribution is -0.383. The normalized spacial score (nSPS) is 12.4. The third-order valence-corrected chi connectivity index (χ3v) is 5.68. The molecule has 0 saturated heterocycles. The molecule has 1 aromatic heterocycles. The summed E-state index contributed by atoms with van der Waals surface area (Å²) >= 11 is 0.747. The zero-order chi connectivity index (χ0) is 23.0. The van der Waals surface area contributed by atoms with Gasteiger partial charge in [0.25, 0.3) is 11.2 Å². The molecule has 2 aromatic carbocycles. The highest BCUT2D eigenvalue weighted by Gasteiger charge is 2.34. The summed E-state index contributed by atoms with van der Waals surface area (Å²) in [5, 5.41) is 11.0. The van der Waals surface area contributed by atoms with Crippen molar-refractivity contribution in [2.24, 2.45) is 0 Å². The molecule has 0 aliphatic carbocycles. The second-order valence-corrected chi connectivity index (χ2v) is 7.63. The molecule has 2 heterocycles. The Hall–Kier alpha value is -3.85. The Morgan fingerprint density at radius 1 is 1.25 bits per heavy atom. The van der Waals surface area contributed by atoms with E-state index in [4.69, 9.17) is 9.47 Å². The first-order valence-electron chi connectivity index (χ1n) is 8.93. The number of nitro groups is 1. The minimum absolute atomic E-state index is 0.0883. The number of rotatable bonds is 3. The maximum atomic E-state index is 13.1. The van der Waals surface area contributed by atoms with Gasteiger partial charge in [-0.1, -0.05) is 23.2 Å². The number of aromatic nitrogens is 1. The number of non-ortho nitro benzene ring substituents is 1. The Labute approximate surface area is 182 Å². The summed E-state index contributed by atoms with van der Waals surface area (Å²) in [4.78, 5) is 28.1. The average molecular weight is 463 g/mol. The van der Waals surface area contributed by atoms with Gasteiger partial charge in [0.1, 0.15) is 4.70 Å². The molecule has 4 rings (SSSR count). The molecule has 32 heavy (non-hydrogen) atoms. The van der Waals surface area contributed by atoms with E-state index in [1.54, 1.807) is 25.2 Å². The summed E-state index contributed by atoms with van der Waals surface area (Å²) in [6.45, 7) is 0.245. The molecular formula is C20H12F3N3O5S. The van der Waals surface area contributed by atoms with Crippen LogP contribution < -0.4 is 19.9 Å². The highest BCUT2D eigenvalue weighted by molar-refractivity contribution is 7.22. The van der Waals surface area contributed by atoms with Gasteiger partial charge in [-0.05, 0) is 24.3 Å². The molecule has 0 bridgehead atoms. The third-order valence-electron chi connectivity index (χ3n) is 4.46. The van der Waals surface area contributed by atoms with Crippen LogP contribution in [0.3, 0.4) is 0 Å². The van der Waals surface area contributed by atoms with Crippen LogP contribution in [-0.2, 0) is 6.18 Å². The highest BCUT2D eigenvalue weighted by atomic mass is 32.1. The lowest BCUT2D eigenvalue weighted by Gasteiger charge is -2.14.